The number of fused-ring (bicyclic) bond motifs is 1. The quantitative estimate of drug-likeness (QED) is 0.707. The van der Waals surface area contributed by atoms with Gasteiger partial charge in [-0.1, -0.05) is 11.8 Å². The Morgan fingerprint density at radius 3 is 3.20 bits per heavy atom. The molecule has 15 heavy (non-hydrogen) atoms. The number of hydroxylamine groups is 2. The predicted molar refractivity (Wildman–Crippen MR) is 56.7 cm³/mol. The summed E-state index contributed by atoms with van der Waals surface area (Å²) in [5.41, 5.74) is 0.448. The molecule has 5 nitrogen and oxygen atoms in total. The molecule has 2 heterocycles. The number of carbonyl (C=O) groups is 1. The fourth-order valence-corrected chi connectivity index (χ4v) is 2.35. The van der Waals surface area contributed by atoms with E-state index in [0.717, 1.165) is 23.9 Å². The molecule has 0 radical (unpaired) electrons. The van der Waals surface area contributed by atoms with Crippen LogP contribution in [0.25, 0.3) is 0 Å². The van der Waals surface area contributed by atoms with Gasteiger partial charge in [0.05, 0.1) is 7.11 Å². The lowest BCUT2D eigenvalue weighted by Crippen LogP contribution is -2.25. The summed E-state index contributed by atoms with van der Waals surface area (Å²) in [6.07, 6.45) is 2.92. The lowest BCUT2D eigenvalue weighted by Gasteiger charge is -2.11. The molecule has 0 fully saturated rings. The van der Waals surface area contributed by atoms with Crippen molar-refractivity contribution in [2.75, 3.05) is 19.9 Å². The van der Waals surface area contributed by atoms with Gasteiger partial charge >= 0.3 is 0 Å². The SMILES string of the molecule is CON(C)C(=O)c1cn2c(n1)SCCC2. The lowest BCUT2D eigenvalue weighted by atomic mass is 10.4. The van der Waals surface area contributed by atoms with Crippen LogP contribution in [0.5, 0.6) is 0 Å². The molecular formula is C9H13N3O2S. The number of rotatable bonds is 2. The van der Waals surface area contributed by atoms with Crippen molar-refractivity contribution < 1.29 is 9.63 Å². The molecule has 0 bridgehead atoms. The Labute approximate surface area is 92.4 Å². The van der Waals surface area contributed by atoms with Gasteiger partial charge in [0.1, 0.15) is 5.69 Å². The van der Waals surface area contributed by atoms with Crippen LogP contribution in [-0.4, -0.2) is 40.4 Å². The van der Waals surface area contributed by atoms with E-state index < -0.39 is 0 Å². The van der Waals surface area contributed by atoms with Gasteiger partial charge in [-0.25, -0.2) is 10.0 Å². The van der Waals surface area contributed by atoms with Crippen LogP contribution in [0.2, 0.25) is 0 Å². The average Bonchev–Trinajstić information content (AvgIpc) is 2.70. The van der Waals surface area contributed by atoms with Gasteiger partial charge in [-0.2, -0.15) is 0 Å². The van der Waals surface area contributed by atoms with E-state index in [0.29, 0.717) is 5.69 Å². The fraction of sp³-hybridized carbons (Fsp3) is 0.556. The van der Waals surface area contributed by atoms with Crippen molar-refractivity contribution in [1.29, 1.82) is 0 Å². The normalized spacial score (nSPS) is 14.8. The first-order valence-corrected chi connectivity index (χ1v) is 5.73. The highest BCUT2D eigenvalue weighted by atomic mass is 32.2. The van der Waals surface area contributed by atoms with Gasteiger partial charge in [-0.15, -0.1) is 0 Å². The van der Waals surface area contributed by atoms with Gasteiger partial charge in [0.15, 0.2) is 5.16 Å². The first kappa shape index (κ1) is 10.5. The summed E-state index contributed by atoms with van der Waals surface area (Å²) in [7, 11) is 3.04. The van der Waals surface area contributed by atoms with Gasteiger partial charge in [0.2, 0.25) is 0 Å². The molecule has 1 aliphatic rings. The van der Waals surface area contributed by atoms with Crippen molar-refractivity contribution >= 4 is 17.7 Å². The van der Waals surface area contributed by atoms with Crippen molar-refractivity contribution in [2.24, 2.45) is 0 Å². The summed E-state index contributed by atoms with van der Waals surface area (Å²) in [6, 6.07) is 0. The van der Waals surface area contributed by atoms with Crippen molar-refractivity contribution in [1.82, 2.24) is 14.6 Å². The minimum atomic E-state index is -0.208. The number of nitrogens with zero attached hydrogens (tertiary/aromatic N) is 3. The maximum atomic E-state index is 11.7. The van der Waals surface area contributed by atoms with Crippen molar-refractivity contribution in [3.05, 3.63) is 11.9 Å². The minimum absolute atomic E-state index is 0.208. The summed E-state index contributed by atoms with van der Waals surface area (Å²) >= 11 is 1.69. The zero-order valence-electron chi connectivity index (χ0n) is 8.77. The third-order valence-corrected chi connectivity index (χ3v) is 3.37. The Kier molecular flexibility index (Phi) is 2.97. The largest absolute Gasteiger partial charge is 0.325 e. The van der Waals surface area contributed by atoms with Crippen molar-refractivity contribution in [3.8, 4) is 0 Å². The van der Waals surface area contributed by atoms with E-state index in [2.05, 4.69) is 4.98 Å². The van der Waals surface area contributed by atoms with Gasteiger partial charge in [0.25, 0.3) is 5.91 Å². The summed E-state index contributed by atoms with van der Waals surface area (Å²) in [5.74, 6) is 0.866. The Balaban J connectivity index is 2.22. The van der Waals surface area contributed by atoms with E-state index in [1.54, 1.807) is 25.0 Å². The van der Waals surface area contributed by atoms with E-state index >= 15 is 0 Å². The third-order valence-electron chi connectivity index (χ3n) is 2.29. The smallest absolute Gasteiger partial charge is 0.297 e. The number of aromatic nitrogens is 2. The number of imidazole rings is 1. The Bertz CT molecular complexity index is 354. The monoisotopic (exact) mass is 227 g/mol. The third kappa shape index (κ3) is 2.00. The topological polar surface area (TPSA) is 47.4 Å². The summed E-state index contributed by atoms with van der Waals surface area (Å²) in [5, 5.41) is 2.10. The zero-order chi connectivity index (χ0) is 10.8. The maximum absolute atomic E-state index is 11.7. The molecule has 0 unspecified atom stereocenters. The number of hydrogen-bond donors (Lipinski definition) is 0. The number of carbonyl (C=O) groups excluding carboxylic acids is 1. The lowest BCUT2D eigenvalue weighted by molar-refractivity contribution is -0.0760. The Morgan fingerprint density at radius 1 is 1.73 bits per heavy atom. The summed E-state index contributed by atoms with van der Waals surface area (Å²) < 4.78 is 2.02. The number of hydrogen-bond acceptors (Lipinski definition) is 4. The van der Waals surface area contributed by atoms with Crippen molar-refractivity contribution in [3.63, 3.8) is 0 Å². The first-order chi connectivity index (χ1) is 7.22. The Hall–Kier alpha value is -1.01. The molecular weight excluding hydrogens is 214 g/mol. The Morgan fingerprint density at radius 2 is 2.53 bits per heavy atom. The minimum Gasteiger partial charge on any atom is -0.325 e. The molecule has 0 N–H and O–H groups in total. The molecule has 6 heteroatoms. The van der Waals surface area contributed by atoms with Gasteiger partial charge in [0, 0.05) is 25.5 Å². The van der Waals surface area contributed by atoms with Gasteiger partial charge < -0.3 is 4.57 Å². The van der Waals surface area contributed by atoms with E-state index in [1.165, 1.54) is 12.2 Å². The van der Waals surface area contributed by atoms with Crippen LogP contribution in [0.15, 0.2) is 11.4 Å². The fourth-order valence-electron chi connectivity index (χ4n) is 1.42. The van der Waals surface area contributed by atoms with Crippen LogP contribution in [0.1, 0.15) is 16.9 Å². The highest BCUT2D eigenvalue weighted by Crippen LogP contribution is 2.24. The second-order valence-electron chi connectivity index (χ2n) is 3.29. The van der Waals surface area contributed by atoms with Crippen molar-refractivity contribution in [2.45, 2.75) is 18.1 Å². The second kappa shape index (κ2) is 4.24. The standard InChI is InChI=1S/C9H13N3O2S/c1-11(14-2)8(13)7-6-12-4-3-5-15-9(12)10-7/h6H,3-5H2,1-2H3. The molecule has 0 aromatic carbocycles. The molecule has 0 saturated carbocycles. The van der Waals surface area contributed by atoms with E-state index in [1.807, 2.05) is 4.57 Å². The molecule has 2 rings (SSSR count). The molecule has 0 atom stereocenters. The van der Waals surface area contributed by atoms with E-state index in [9.17, 15) is 4.79 Å². The van der Waals surface area contributed by atoms with Crippen LogP contribution < -0.4 is 0 Å². The molecule has 0 aliphatic carbocycles. The van der Waals surface area contributed by atoms with Gasteiger partial charge in [-0.3, -0.25) is 9.63 Å². The van der Waals surface area contributed by atoms with Gasteiger partial charge in [-0.05, 0) is 6.42 Å². The second-order valence-corrected chi connectivity index (χ2v) is 4.35. The number of thioether (sulfide) groups is 1. The van der Waals surface area contributed by atoms with E-state index in [4.69, 9.17) is 4.84 Å². The molecule has 1 amide bonds. The predicted octanol–water partition coefficient (Wildman–Crippen LogP) is 1.01. The van der Waals surface area contributed by atoms with Crippen LogP contribution >= 0.6 is 11.8 Å². The maximum Gasteiger partial charge on any atom is 0.297 e. The number of amides is 1. The molecule has 82 valence electrons. The van der Waals surface area contributed by atoms with Crippen LogP contribution in [-0.2, 0) is 11.4 Å². The van der Waals surface area contributed by atoms with Crippen LogP contribution in [0.3, 0.4) is 0 Å². The molecule has 1 aromatic rings. The molecule has 1 aromatic heterocycles. The average molecular weight is 227 g/mol. The highest BCUT2D eigenvalue weighted by molar-refractivity contribution is 7.99. The first-order valence-electron chi connectivity index (χ1n) is 4.74. The summed E-state index contributed by atoms with van der Waals surface area (Å²) in [4.78, 5) is 20.8. The van der Waals surface area contributed by atoms with Crippen LogP contribution in [0, 0.1) is 0 Å². The van der Waals surface area contributed by atoms with E-state index in [-0.39, 0.29) is 5.91 Å². The van der Waals surface area contributed by atoms with Crippen LogP contribution in [0.4, 0.5) is 0 Å². The molecule has 0 saturated heterocycles. The molecule has 0 spiro atoms. The summed E-state index contributed by atoms with van der Waals surface area (Å²) in [6.45, 7) is 0.944. The number of aryl methyl sites for hydroxylation is 1. The highest BCUT2D eigenvalue weighted by Gasteiger charge is 2.19. The zero-order valence-corrected chi connectivity index (χ0v) is 9.58. The molecule has 1 aliphatic heterocycles.